The van der Waals surface area contributed by atoms with Crippen molar-refractivity contribution in [2.75, 3.05) is 5.73 Å². The number of nitrogens with one attached hydrogen (secondary N) is 1. The topological polar surface area (TPSA) is 68.0 Å². The quantitative estimate of drug-likeness (QED) is 0.779. The lowest BCUT2D eigenvalue weighted by Gasteiger charge is -2.05. The Morgan fingerprint density at radius 3 is 2.89 bits per heavy atom. The molecule has 0 unspecified atom stereocenters. The minimum Gasteiger partial charge on any atom is -0.398 e. The summed E-state index contributed by atoms with van der Waals surface area (Å²) in [6.45, 7) is 1.69. The molecule has 3 N–H and O–H groups in total. The smallest absolute Gasteiger partial charge is 0.196 e. The lowest BCUT2D eigenvalue weighted by molar-refractivity contribution is 0.103. The van der Waals surface area contributed by atoms with Crippen LogP contribution in [-0.2, 0) is 13.1 Å². The van der Waals surface area contributed by atoms with Gasteiger partial charge in [0, 0.05) is 36.7 Å². The number of hydrogen-bond acceptors (Lipinski definition) is 4. The van der Waals surface area contributed by atoms with Crippen LogP contribution in [0.2, 0.25) is 0 Å². The first-order chi connectivity index (χ1) is 8.75. The number of benzene rings is 1. The lowest BCUT2D eigenvalue weighted by atomic mass is 9.99. The van der Waals surface area contributed by atoms with Crippen molar-refractivity contribution in [3.63, 3.8) is 0 Å². The van der Waals surface area contributed by atoms with Crippen molar-refractivity contribution in [1.82, 2.24) is 10.3 Å². The van der Waals surface area contributed by atoms with E-state index in [0.29, 0.717) is 16.8 Å². The molecule has 1 aromatic heterocycles. The highest BCUT2D eigenvalue weighted by Gasteiger charge is 2.16. The van der Waals surface area contributed by atoms with Crippen LogP contribution >= 0.6 is 0 Å². The van der Waals surface area contributed by atoms with Crippen LogP contribution in [0.25, 0.3) is 0 Å². The van der Waals surface area contributed by atoms with E-state index in [1.807, 2.05) is 18.2 Å². The van der Waals surface area contributed by atoms with Gasteiger partial charge in [0.1, 0.15) is 0 Å². The molecule has 0 bridgehead atoms. The molecule has 0 fully saturated rings. The molecule has 1 aliphatic rings. The van der Waals surface area contributed by atoms with Crippen molar-refractivity contribution in [3.05, 3.63) is 58.9 Å². The number of hydrogen-bond donors (Lipinski definition) is 2. The van der Waals surface area contributed by atoms with Gasteiger partial charge >= 0.3 is 0 Å². The molecule has 0 radical (unpaired) electrons. The molecule has 0 atom stereocenters. The monoisotopic (exact) mass is 239 g/mol. The van der Waals surface area contributed by atoms with E-state index in [9.17, 15) is 4.79 Å². The predicted molar refractivity (Wildman–Crippen MR) is 69.1 cm³/mol. The van der Waals surface area contributed by atoms with Gasteiger partial charge in [-0.1, -0.05) is 12.1 Å². The molecule has 90 valence electrons. The van der Waals surface area contributed by atoms with Gasteiger partial charge in [-0.25, -0.2) is 0 Å². The van der Waals surface area contributed by atoms with E-state index in [0.717, 1.165) is 13.1 Å². The van der Waals surface area contributed by atoms with Crippen LogP contribution in [0.15, 0.2) is 36.7 Å². The average Bonchev–Trinajstić information content (AvgIpc) is 2.85. The number of nitrogens with zero attached hydrogens (tertiary/aromatic N) is 1. The predicted octanol–water partition coefficient (Wildman–Crippen LogP) is 1.50. The number of ketones is 1. The van der Waals surface area contributed by atoms with E-state index < -0.39 is 0 Å². The number of nitrogens with two attached hydrogens (primary N) is 1. The number of fused-ring (bicyclic) bond motifs is 1. The zero-order valence-corrected chi connectivity index (χ0v) is 9.81. The van der Waals surface area contributed by atoms with Crippen molar-refractivity contribution in [2.24, 2.45) is 0 Å². The van der Waals surface area contributed by atoms with Gasteiger partial charge in [-0.15, -0.1) is 0 Å². The normalized spacial score (nSPS) is 13.3. The zero-order chi connectivity index (χ0) is 12.5. The number of carbonyl (C=O) groups is 1. The van der Waals surface area contributed by atoms with Gasteiger partial charge in [0.05, 0.1) is 5.56 Å². The van der Waals surface area contributed by atoms with Gasteiger partial charge in [-0.05, 0) is 23.3 Å². The largest absolute Gasteiger partial charge is 0.398 e. The van der Waals surface area contributed by atoms with E-state index in [-0.39, 0.29) is 5.78 Å². The molecule has 4 heteroatoms. The van der Waals surface area contributed by atoms with Gasteiger partial charge in [0.2, 0.25) is 0 Å². The van der Waals surface area contributed by atoms with Crippen LogP contribution in [0.4, 0.5) is 5.69 Å². The van der Waals surface area contributed by atoms with Crippen LogP contribution in [0.3, 0.4) is 0 Å². The maximum absolute atomic E-state index is 12.3. The highest BCUT2D eigenvalue weighted by Crippen LogP contribution is 2.20. The minimum absolute atomic E-state index is 0.0738. The summed E-state index contributed by atoms with van der Waals surface area (Å²) < 4.78 is 0. The van der Waals surface area contributed by atoms with Crippen molar-refractivity contribution in [2.45, 2.75) is 13.1 Å². The Bertz CT molecular complexity index is 622. The summed E-state index contributed by atoms with van der Waals surface area (Å²) in [6, 6.07) is 7.42. The second-order valence-electron chi connectivity index (χ2n) is 4.38. The fraction of sp³-hybridized carbons (Fsp3) is 0.143. The molecule has 0 saturated carbocycles. The van der Waals surface area contributed by atoms with Gasteiger partial charge in [0.15, 0.2) is 5.78 Å². The Kier molecular flexibility index (Phi) is 2.57. The van der Waals surface area contributed by atoms with Crippen LogP contribution < -0.4 is 11.1 Å². The number of aromatic nitrogens is 1. The number of rotatable bonds is 2. The summed E-state index contributed by atoms with van der Waals surface area (Å²) in [6.07, 6.45) is 3.10. The summed E-state index contributed by atoms with van der Waals surface area (Å²) in [5.41, 5.74) is 9.83. The molecule has 3 rings (SSSR count). The van der Waals surface area contributed by atoms with E-state index in [1.54, 1.807) is 12.3 Å². The summed E-state index contributed by atoms with van der Waals surface area (Å²) in [5, 5.41) is 3.26. The third kappa shape index (κ3) is 1.76. The molecule has 1 aliphatic heterocycles. The number of pyridine rings is 1. The van der Waals surface area contributed by atoms with E-state index in [1.165, 1.54) is 17.3 Å². The molecule has 18 heavy (non-hydrogen) atoms. The van der Waals surface area contributed by atoms with Crippen LogP contribution in [0, 0.1) is 0 Å². The molecule has 2 heterocycles. The molecular formula is C14H13N3O. The van der Waals surface area contributed by atoms with E-state index in [2.05, 4.69) is 10.3 Å². The van der Waals surface area contributed by atoms with Gasteiger partial charge in [-0.3, -0.25) is 9.78 Å². The van der Waals surface area contributed by atoms with Crippen LogP contribution in [0.1, 0.15) is 27.0 Å². The third-order valence-corrected chi connectivity index (χ3v) is 3.20. The van der Waals surface area contributed by atoms with Crippen molar-refractivity contribution in [1.29, 1.82) is 0 Å². The summed E-state index contributed by atoms with van der Waals surface area (Å²) >= 11 is 0. The molecular weight excluding hydrogens is 226 g/mol. The minimum atomic E-state index is -0.0738. The fourth-order valence-corrected chi connectivity index (χ4v) is 2.19. The van der Waals surface area contributed by atoms with Crippen LogP contribution in [0.5, 0.6) is 0 Å². The SMILES string of the molecule is Nc1ccncc1C(=O)c1ccc2c(c1)CNC2. The van der Waals surface area contributed by atoms with Gasteiger partial charge in [-0.2, -0.15) is 0 Å². The van der Waals surface area contributed by atoms with Gasteiger partial charge in [0.25, 0.3) is 0 Å². The fourth-order valence-electron chi connectivity index (χ4n) is 2.19. The summed E-state index contributed by atoms with van der Waals surface area (Å²) in [4.78, 5) is 16.3. The van der Waals surface area contributed by atoms with Crippen molar-refractivity contribution in [3.8, 4) is 0 Å². The standard InChI is InChI=1S/C14H13N3O/c15-13-3-4-16-8-12(13)14(18)9-1-2-10-6-17-7-11(10)5-9/h1-5,8,17H,6-7H2,(H2,15,16). The molecule has 0 aliphatic carbocycles. The number of carbonyl (C=O) groups excluding carboxylic acids is 1. The Morgan fingerprint density at radius 1 is 1.22 bits per heavy atom. The Hall–Kier alpha value is -2.20. The molecule has 0 saturated heterocycles. The summed E-state index contributed by atoms with van der Waals surface area (Å²) in [7, 11) is 0. The zero-order valence-electron chi connectivity index (χ0n) is 9.81. The number of anilines is 1. The van der Waals surface area contributed by atoms with Crippen molar-refractivity contribution < 1.29 is 4.79 Å². The molecule has 1 aromatic carbocycles. The van der Waals surface area contributed by atoms with E-state index >= 15 is 0 Å². The summed E-state index contributed by atoms with van der Waals surface area (Å²) in [5.74, 6) is -0.0738. The molecule has 0 spiro atoms. The molecule has 0 amide bonds. The molecule has 2 aromatic rings. The Balaban J connectivity index is 2.01. The highest BCUT2D eigenvalue weighted by atomic mass is 16.1. The third-order valence-electron chi connectivity index (χ3n) is 3.20. The maximum Gasteiger partial charge on any atom is 0.196 e. The van der Waals surface area contributed by atoms with Crippen LogP contribution in [-0.4, -0.2) is 10.8 Å². The lowest BCUT2D eigenvalue weighted by Crippen LogP contribution is -2.06. The Morgan fingerprint density at radius 2 is 2.06 bits per heavy atom. The maximum atomic E-state index is 12.3. The second-order valence-corrected chi connectivity index (χ2v) is 4.38. The first kappa shape index (κ1) is 10.9. The first-order valence-electron chi connectivity index (χ1n) is 5.82. The van der Waals surface area contributed by atoms with Gasteiger partial charge < -0.3 is 11.1 Å². The number of nitrogen functional groups attached to an aromatic ring is 1. The highest BCUT2D eigenvalue weighted by molar-refractivity contribution is 6.11. The molecule has 4 nitrogen and oxygen atoms in total. The second kappa shape index (κ2) is 4.23. The average molecular weight is 239 g/mol. The Labute approximate surface area is 105 Å². The van der Waals surface area contributed by atoms with E-state index in [4.69, 9.17) is 5.73 Å². The van der Waals surface area contributed by atoms with Crippen molar-refractivity contribution >= 4 is 11.5 Å². The first-order valence-corrected chi connectivity index (χ1v) is 5.82.